The third-order valence-electron chi connectivity index (χ3n) is 5.09. The summed E-state index contributed by atoms with van der Waals surface area (Å²) in [6.45, 7) is 4.30. The molecule has 144 valence electrons. The number of pyridine rings is 1. The first-order valence-electron chi connectivity index (χ1n) is 9.31. The molecular formula is C19H25N5O3. The lowest BCUT2D eigenvalue weighted by Crippen LogP contribution is -2.59. The molecule has 0 N–H and O–H groups in total. The van der Waals surface area contributed by atoms with Crippen LogP contribution in [0.4, 0.5) is 0 Å². The molecule has 4 rings (SSSR count). The van der Waals surface area contributed by atoms with E-state index in [4.69, 9.17) is 9.47 Å². The summed E-state index contributed by atoms with van der Waals surface area (Å²) in [5.74, 6) is 0.179. The molecule has 1 spiro atoms. The van der Waals surface area contributed by atoms with Gasteiger partial charge in [-0.15, -0.1) is 0 Å². The highest BCUT2D eigenvalue weighted by Crippen LogP contribution is 2.26. The van der Waals surface area contributed by atoms with E-state index in [1.165, 1.54) is 0 Å². The van der Waals surface area contributed by atoms with Gasteiger partial charge in [0.15, 0.2) is 5.79 Å². The average molecular weight is 371 g/mol. The van der Waals surface area contributed by atoms with Crippen LogP contribution in [0.1, 0.15) is 22.6 Å². The highest BCUT2D eigenvalue weighted by atomic mass is 16.7. The van der Waals surface area contributed by atoms with Crippen LogP contribution < -0.4 is 0 Å². The predicted octanol–water partition coefficient (Wildman–Crippen LogP) is 0.906. The second-order valence-electron chi connectivity index (χ2n) is 7.09. The van der Waals surface area contributed by atoms with Crippen molar-refractivity contribution >= 4 is 5.91 Å². The Kier molecular flexibility index (Phi) is 5.20. The van der Waals surface area contributed by atoms with Crippen molar-refractivity contribution in [3.05, 3.63) is 48.3 Å². The van der Waals surface area contributed by atoms with Crippen molar-refractivity contribution in [2.24, 2.45) is 7.05 Å². The molecule has 27 heavy (non-hydrogen) atoms. The van der Waals surface area contributed by atoms with Crippen LogP contribution >= 0.6 is 0 Å². The maximum Gasteiger partial charge on any atom is 0.255 e. The molecule has 4 heterocycles. The number of aromatic nitrogens is 3. The zero-order valence-corrected chi connectivity index (χ0v) is 15.6. The number of aryl methyl sites for hydroxylation is 1. The largest absolute Gasteiger partial charge is 0.347 e. The molecule has 1 atom stereocenters. The topological polar surface area (TPSA) is 72.7 Å². The minimum Gasteiger partial charge on any atom is -0.347 e. The Balaban J connectivity index is 1.48. The second kappa shape index (κ2) is 7.75. The molecule has 0 bridgehead atoms. The Morgan fingerprint density at radius 1 is 1.22 bits per heavy atom. The van der Waals surface area contributed by atoms with Gasteiger partial charge in [-0.25, -0.2) is 4.98 Å². The molecule has 2 aliphatic heterocycles. The van der Waals surface area contributed by atoms with E-state index >= 15 is 0 Å². The van der Waals surface area contributed by atoms with Crippen molar-refractivity contribution in [3.63, 3.8) is 0 Å². The molecule has 0 aliphatic carbocycles. The number of imidazole rings is 1. The average Bonchev–Trinajstić information content (AvgIpc) is 2.99. The van der Waals surface area contributed by atoms with Crippen LogP contribution in [0, 0.1) is 0 Å². The van der Waals surface area contributed by atoms with Crippen LogP contribution in [0.25, 0.3) is 0 Å². The van der Waals surface area contributed by atoms with E-state index in [0.29, 0.717) is 38.4 Å². The quantitative estimate of drug-likeness (QED) is 0.799. The first-order chi connectivity index (χ1) is 13.2. The zero-order chi connectivity index (χ0) is 18.7. The summed E-state index contributed by atoms with van der Waals surface area (Å²) >= 11 is 0. The van der Waals surface area contributed by atoms with Crippen molar-refractivity contribution < 1.29 is 14.3 Å². The zero-order valence-electron chi connectivity index (χ0n) is 15.6. The minimum atomic E-state index is -0.794. The van der Waals surface area contributed by atoms with Gasteiger partial charge in [0.25, 0.3) is 5.91 Å². The van der Waals surface area contributed by atoms with E-state index in [1.54, 1.807) is 24.5 Å². The number of nitrogens with zero attached hydrogens (tertiary/aromatic N) is 5. The standard InChI is InChI=1S/C19H25N5O3/c1-22-8-6-21-17(22)13-23-7-3-10-26-19(14-23)15-24(9-11-27-19)18(25)16-4-2-5-20-12-16/h2,4-6,8,12H,3,7,9-11,13-15H2,1H3. The van der Waals surface area contributed by atoms with E-state index < -0.39 is 5.79 Å². The fourth-order valence-corrected chi connectivity index (χ4v) is 3.68. The van der Waals surface area contributed by atoms with E-state index in [1.807, 2.05) is 28.9 Å². The molecule has 1 unspecified atom stereocenters. The van der Waals surface area contributed by atoms with Gasteiger partial charge in [-0.3, -0.25) is 14.7 Å². The normalized spacial score (nSPS) is 24.1. The van der Waals surface area contributed by atoms with Crippen molar-refractivity contribution in [1.82, 2.24) is 24.3 Å². The molecule has 2 aromatic heterocycles. The van der Waals surface area contributed by atoms with Gasteiger partial charge >= 0.3 is 0 Å². The van der Waals surface area contributed by atoms with Crippen molar-refractivity contribution in [3.8, 4) is 0 Å². The fourth-order valence-electron chi connectivity index (χ4n) is 3.68. The summed E-state index contributed by atoms with van der Waals surface area (Å²) in [6.07, 6.45) is 7.95. The van der Waals surface area contributed by atoms with Crippen LogP contribution in [0.5, 0.6) is 0 Å². The lowest BCUT2D eigenvalue weighted by Gasteiger charge is -2.43. The third kappa shape index (κ3) is 4.02. The SMILES string of the molecule is Cn1ccnc1CN1CCCOC2(C1)CN(C(=O)c1cccnc1)CCO2. The van der Waals surface area contributed by atoms with Gasteiger partial charge in [0.05, 0.1) is 38.4 Å². The smallest absolute Gasteiger partial charge is 0.255 e. The molecule has 0 radical (unpaired) electrons. The fraction of sp³-hybridized carbons (Fsp3) is 0.526. The number of morpholine rings is 1. The molecule has 8 heteroatoms. The van der Waals surface area contributed by atoms with Crippen LogP contribution in [-0.4, -0.2) is 75.4 Å². The summed E-state index contributed by atoms with van der Waals surface area (Å²) in [7, 11) is 2.00. The molecule has 2 aromatic rings. The molecular weight excluding hydrogens is 346 g/mol. The number of ether oxygens (including phenoxy) is 2. The third-order valence-corrected chi connectivity index (χ3v) is 5.09. The van der Waals surface area contributed by atoms with Gasteiger partial charge in [-0.05, 0) is 18.6 Å². The van der Waals surface area contributed by atoms with Gasteiger partial charge in [0.2, 0.25) is 0 Å². The highest BCUT2D eigenvalue weighted by Gasteiger charge is 2.42. The number of carbonyl (C=O) groups excluding carboxylic acids is 1. The molecule has 0 saturated carbocycles. The molecule has 1 amide bonds. The van der Waals surface area contributed by atoms with Gasteiger partial charge in [-0.1, -0.05) is 0 Å². The predicted molar refractivity (Wildman–Crippen MR) is 97.9 cm³/mol. The van der Waals surface area contributed by atoms with E-state index in [0.717, 1.165) is 25.3 Å². The van der Waals surface area contributed by atoms with Gasteiger partial charge in [0.1, 0.15) is 5.82 Å². The summed E-state index contributed by atoms with van der Waals surface area (Å²) in [4.78, 5) is 25.4. The summed E-state index contributed by atoms with van der Waals surface area (Å²) in [5.41, 5.74) is 0.591. The molecule has 2 fully saturated rings. The Hall–Kier alpha value is -2.29. The van der Waals surface area contributed by atoms with Crippen molar-refractivity contribution in [1.29, 1.82) is 0 Å². The van der Waals surface area contributed by atoms with Gasteiger partial charge in [-0.2, -0.15) is 0 Å². The Morgan fingerprint density at radius 2 is 2.11 bits per heavy atom. The number of rotatable bonds is 3. The van der Waals surface area contributed by atoms with Gasteiger partial charge in [0, 0.05) is 44.9 Å². The highest BCUT2D eigenvalue weighted by molar-refractivity contribution is 5.94. The number of carbonyl (C=O) groups is 1. The van der Waals surface area contributed by atoms with Crippen LogP contribution in [0.3, 0.4) is 0 Å². The second-order valence-corrected chi connectivity index (χ2v) is 7.09. The number of hydrogen-bond acceptors (Lipinski definition) is 6. The maximum atomic E-state index is 12.8. The van der Waals surface area contributed by atoms with E-state index in [2.05, 4.69) is 14.9 Å². The van der Waals surface area contributed by atoms with Crippen LogP contribution in [0.15, 0.2) is 36.9 Å². The maximum absolute atomic E-state index is 12.8. The Bertz CT molecular complexity index is 781. The van der Waals surface area contributed by atoms with E-state index in [-0.39, 0.29) is 5.91 Å². The van der Waals surface area contributed by atoms with Crippen molar-refractivity contribution in [2.75, 3.05) is 39.4 Å². The van der Waals surface area contributed by atoms with E-state index in [9.17, 15) is 4.79 Å². The summed E-state index contributed by atoms with van der Waals surface area (Å²) < 4.78 is 14.2. The Labute approximate surface area is 158 Å². The minimum absolute atomic E-state index is 0.0331. The number of amides is 1. The molecule has 0 aromatic carbocycles. The molecule has 8 nitrogen and oxygen atoms in total. The number of hydrogen-bond donors (Lipinski definition) is 0. The lowest BCUT2D eigenvalue weighted by atomic mass is 10.1. The van der Waals surface area contributed by atoms with Crippen LogP contribution in [0.2, 0.25) is 0 Å². The summed E-state index contributed by atoms with van der Waals surface area (Å²) in [5, 5.41) is 0. The summed E-state index contributed by atoms with van der Waals surface area (Å²) in [6, 6.07) is 3.57. The first-order valence-corrected chi connectivity index (χ1v) is 9.31. The lowest BCUT2D eigenvalue weighted by molar-refractivity contribution is -0.261. The molecule has 2 saturated heterocycles. The monoisotopic (exact) mass is 371 g/mol. The first kappa shape index (κ1) is 18.1. The van der Waals surface area contributed by atoms with Crippen LogP contribution in [-0.2, 0) is 23.1 Å². The Morgan fingerprint density at radius 3 is 2.89 bits per heavy atom. The van der Waals surface area contributed by atoms with Crippen molar-refractivity contribution in [2.45, 2.75) is 18.8 Å². The van der Waals surface area contributed by atoms with Gasteiger partial charge < -0.3 is 18.9 Å². The molecule has 2 aliphatic rings.